The maximum absolute atomic E-state index is 7.34. The largest absolute Gasteiger partial charge is 0.492 e. The third kappa shape index (κ3) is 3.20. The molecule has 0 saturated carbocycles. The van der Waals surface area contributed by atoms with Crippen molar-refractivity contribution in [1.82, 2.24) is 9.88 Å². The SMILES string of the molecule is CN1CCCCC1COc1ccnc(C(=N)N)c1. The van der Waals surface area contributed by atoms with Gasteiger partial charge in [0.25, 0.3) is 0 Å². The molecule has 0 aliphatic carbocycles. The topological polar surface area (TPSA) is 75.2 Å². The van der Waals surface area contributed by atoms with Crippen LogP contribution in [-0.2, 0) is 0 Å². The first-order valence-corrected chi connectivity index (χ1v) is 6.30. The molecule has 1 unspecified atom stereocenters. The number of nitrogen functional groups attached to an aromatic ring is 1. The van der Waals surface area contributed by atoms with Crippen LogP contribution in [0.25, 0.3) is 0 Å². The predicted molar refractivity (Wildman–Crippen MR) is 71.0 cm³/mol. The first-order chi connectivity index (χ1) is 8.66. The van der Waals surface area contributed by atoms with Gasteiger partial charge in [-0.25, -0.2) is 0 Å². The molecule has 18 heavy (non-hydrogen) atoms. The first kappa shape index (κ1) is 12.8. The fourth-order valence-corrected chi connectivity index (χ4v) is 2.20. The summed E-state index contributed by atoms with van der Waals surface area (Å²) in [5, 5.41) is 7.34. The van der Waals surface area contributed by atoms with Crippen LogP contribution >= 0.6 is 0 Å². The summed E-state index contributed by atoms with van der Waals surface area (Å²) in [7, 11) is 2.14. The number of rotatable bonds is 4. The fourth-order valence-electron chi connectivity index (χ4n) is 2.20. The minimum Gasteiger partial charge on any atom is -0.492 e. The second-order valence-electron chi connectivity index (χ2n) is 4.73. The minimum absolute atomic E-state index is 0.0322. The Bertz CT molecular complexity index is 421. The molecular weight excluding hydrogens is 228 g/mol. The highest BCUT2D eigenvalue weighted by Crippen LogP contribution is 2.17. The summed E-state index contributed by atoms with van der Waals surface area (Å²) in [6.07, 6.45) is 5.35. The Balaban J connectivity index is 1.93. The Morgan fingerprint density at radius 1 is 1.61 bits per heavy atom. The minimum atomic E-state index is -0.0322. The second kappa shape index (κ2) is 5.82. The van der Waals surface area contributed by atoms with Crippen LogP contribution in [-0.4, -0.2) is 42.0 Å². The van der Waals surface area contributed by atoms with Gasteiger partial charge in [-0.2, -0.15) is 0 Å². The number of pyridine rings is 1. The van der Waals surface area contributed by atoms with Crippen molar-refractivity contribution in [1.29, 1.82) is 5.41 Å². The monoisotopic (exact) mass is 248 g/mol. The highest BCUT2D eigenvalue weighted by atomic mass is 16.5. The van der Waals surface area contributed by atoms with Crippen LogP contribution in [0.4, 0.5) is 0 Å². The van der Waals surface area contributed by atoms with Crippen LogP contribution < -0.4 is 10.5 Å². The third-order valence-corrected chi connectivity index (χ3v) is 3.37. The number of hydrogen-bond acceptors (Lipinski definition) is 4. The van der Waals surface area contributed by atoms with E-state index in [1.54, 1.807) is 18.3 Å². The maximum Gasteiger partial charge on any atom is 0.141 e. The molecule has 1 fully saturated rings. The number of piperidine rings is 1. The summed E-state index contributed by atoms with van der Waals surface area (Å²) in [5.41, 5.74) is 5.86. The summed E-state index contributed by atoms with van der Waals surface area (Å²) >= 11 is 0. The second-order valence-corrected chi connectivity index (χ2v) is 4.73. The van der Waals surface area contributed by atoms with E-state index in [1.807, 2.05) is 0 Å². The lowest BCUT2D eigenvalue weighted by atomic mass is 10.0. The molecule has 1 aliphatic heterocycles. The van der Waals surface area contributed by atoms with Crippen molar-refractivity contribution < 1.29 is 4.74 Å². The molecule has 1 aromatic heterocycles. The van der Waals surface area contributed by atoms with Gasteiger partial charge in [0.2, 0.25) is 0 Å². The first-order valence-electron chi connectivity index (χ1n) is 6.30. The van der Waals surface area contributed by atoms with Crippen molar-refractivity contribution in [3.8, 4) is 5.75 Å². The van der Waals surface area contributed by atoms with Gasteiger partial charge in [0.05, 0.1) is 0 Å². The molecule has 98 valence electrons. The molecule has 1 atom stereocenters. The Morgan fingerprint density at radius 2 is 2.44 bits per heavy atom. The van der Waals surface area contributed by atoms with Gasteiger partial charge in [-0.05, 0) is 32.5 Å². The van der Waals surface area contributed by atoms with Crippen molar-refractivity contribution in [3.63, 3.8) is 0 Å². The molecule has 0 aromatic carbocycles. The molecule has 5 nitrogen and oxygen atoms in total. The number of nitrogens with zero attached hydrogens (tertiary/aromatic N) is 2. The number of nitrogens with one attached hydrogen (secondary N) is 1. The fraction of sp³-hybridized carbons (Fsp3) is 0.538. The van der Waals surface area contributed by atoms with Crippen molar-refractivity contribution in [2.75, 3.05) is 20.2 Å². The number of nitrogens with two attached hydrogens (primary N) is 1. The number of hydrogen-bond donors (Lipinski definition) is 2. The summed E-state index contributed by atoms with van der Waals surface area (Å²) in [5.74, 6) is 0.699. The summed E-state index contributed by atoms with van der Waals surface area (Å²) in [6.45, 7) is 1.82. The van der Waals surface area contributed by atoms with Crippen LogP contribution in [0.5, 0.6) is 5.75 Å². The molecule has 1 aliphatic rings. The van der Waals surface area contributed by atoms with Crippen molar-refractivity contribution in [2.24, 2.45) is 5.73 Å². The van der Waals surface area contributed by atoms with Gasteiger partial charge in [0.1, 0.15) is 23.9 Å². The van der Waals surface area contributed by atoms with Crippen LogP contribution in [0.3, 0.4) is 0 Å². The Morgan fingerprint density at radius 3 is 3.17 bits per heavy atom. The van der Waals surface area contributed by atoms with E-state index in [0.717, 1.165) is 12.3 Å². The highest BCUT2D eigenvalue weighted by Gasteiger charge is 2.19. The summed E-state index contributed by atoms with van der Waals surface area (Å²) in [4.78, 5) is 6.35. The van der Waals surface area contributed by atoms with Crippen LogP contribution in [0.15, 0.2) is 18.3 Å². The van der Waals surface area contributed by atoms with Gasteiger partial charge in [-0.3, -0.25) is 10.4 Å². The number of ether oxygens (including phenoxy) is 1. The van der Waals surface area contributed by atoms with E-state index in [4.69, 9.17) is 15.9 Å². The molecule has 0 radical (unpaired) electrons. The zero-order valence-corrected chi connectivity index (χ0v) is 10.7. The van der Waals surface area contributed by atoms with E-state index >= 15 is 0 Å². The van der Waals surface area contributed by atoms with Gasteiger partial charge < -0.3 is 15.4 Å². The van der Waals surface area contributed by atoms with E-state index in [2.05, 4.69) is 16.9 Å². The normalized spacial score (nSPS) is 20.6. The number of amidine groups is 1. The van der Waals surface area contributed by atoms with Gasteiger partial charge in [0, 0.05) is 18.3 Å². The van der Waals surface area contributed by atoms with Crippen LogP contribution in [0.1, 0.15) is 25.0 Å². The average molecular weight is 248 g/mol. The Kier molecular flexibility index (Phi) is 4.15. The van der Waals surface area contributed by atoms with E-state index in [1.165, 1.54) is 19.3 Å². The lowest BCUT2D eigenvalue weighted by molar-refractivity contribution is 0.125. The number of likely N-dealkylation sites (tertiary alicyclic amines) is 1. The molecule has 5 heteroatoms. The van der Waals surface area contributed by atoms with Crippen molar-refractivity contribution in [2.45, 2.75) is 25.3 Å². The zero-order valence-electron chi connectivity index (χ0n) is 10.7. The molecule has 0 bridgehead atoms. The zero-order chi connectivity index (χ0) is 13.0. The molecule has 0 amide bonds. The third-order valence-electron chi connectivity index (χ3n) is 3.37. The standard InChI is InChI=1S/C13H20N4O/c1-17-7-3-2-4-10(17)9-18-11-5-6-16-12(8-11)13(14)15/h5-6,8,10H,2-4,7,9H2,1H3,(H3,14,15). The van der Waals surface area contributed by atoms with Gasteiger partial charge in [-0.15, -0.1) is 0 Å². The van der Waals surface area contributed by atoms with E-state index in [0.29, 0.717) is 18.3 Å². The quantitative estimate of drug-likeness (QED) is 0.620. The number of likely N-dealkylation sites (N-methyl/N-ethyl adjacent to an activating group) is 1. The highest BCUT2D eigenvalue weighted by molar-refractivity contribution is 5.93. The molecule has 0 spiro atoms. The molecule has 1 saturated heterocycles. The van der Waals surface area contributed by atoms with E-state index < -0.39 is 0 Å². The predicted octanol–water partition coefficient (Wildman–Crippen LogP) is 1.23. The molecule has 2 rings (SSSR count). The van der Waals surface area contributed by atoms with Crippen molar-refractivity contribution in [3.05, 3.63) is 24.0 Å². The van der Waals surface area contributed by atoms with Gasteiger partial charge in [0.15, 0.2) is 0 Å². The molecule has 1 aromatic rings. The van der Waals surface area contributed by atoms with Crippen LogP contribution in [0.2, 0.25) is 0 Å². The van der Waals surface area contributed by atoms with E-state index in [-0.39, 0.29) is 5.84 Å². The molecule has 3 N–H and O–H groups in total. The number of aromatic nitrogens is 1. The van der Waals surface area contributed by atoms with Gasteiger partial charge >= 0.3 is 0 Å². The average Bonchev–Trinajstić information content (AvgIpc) is 2.38. The maximum atomic E-state index is 7.34. The Hall–Kier alpha value is -1.62. The molecular formula is C13H20N4O. The van der Waals surface area contributed by atoms with E-state index in [9.17, 15) is 0 Å². The Labute approximate surface area is 107 Å². The lowest BCUT2D eigenvalue weighted by Crippen LogP contribution is -2.40. The lowest BCUT2D eigenvalue weighted by Gasteiger charge is -2.32. The summed E-state index contributed by atoms with van der Waals surface area (Å²) < 4.78 is 5.77. The summed E-state index contributed by atoms with van der Waals surface area (Å²) in [6, 6.07) is 3.99. The van der Waals surface area contributed by atoms with Crippen LogP contribution in [0, 0.1) is 5.41 Å². The van der Waals surface area contributed by atoms with Crippen molar-refractivity contribution >= 4 is 5.84 Å². The van der Waals surface area contributed by atoms with Gasteiger partial charge in [-0.1, -0.05) is 6.42 Å². The smallest absolute Gasteiger partial charge is 0.141 e. The molecule has 2 heterocycles.